The van der Waals surface area contributed by atoms with E-state index in [-0.39, 0.29) is 17.9 Å². The number of thiophene rings is 1. The Morgan fingerprint density at radius 1 is 1.14 bits per heavy atom. The highest BCUT2D eigenvalue weighted by molar-refractivity contribution is 8.16. The van der Waals surface area contributed by atoms with Crippen LogP contribution in [0.25, 0.3) is 0 Å². The molecule has 3 aliphatic heterocycles. The number of esters is 1. The monoisotopic (exact) mass is 507 g/mol. The number of piperidine rings is 1. The van der Waals surface area contributed by atoms with Crippen molar-refractivity contribution in [2.24, 2.45) is 10.9 Å². The SMILES string of the molecule is COC(=O)C1=C(C)N=C2SC=C(CC(=O)N3CCC(Cc4ccccc4)CC3)N2[C@H]1c1ccsc1. The zero-order chi connectivity index (χ0) is 24.4. The van der Waals surface area contributed by atoms with Crippen molar-refractivity contribution in [3.8, 4) is 0 Å². The molecule has 1 aromatic heterocycles. The summed E-state index contributed by atoms with van der Waals surface area (Å²) in [6, 6.07) is 12.3. The summed E-state index contributed by atoms with van der Waals surface area (Å²) in [4.78, 5) is 34.8. The van der Waals surface area contributed by atoms with Crippen LogP contribution in [-0.4, -0.2) is 47.0 Å². The summed E-state index contributed by atoms with van der Waals surface area (Å²) in [6.45, 7) is 3.43. The summed E-state index contributed by atoms with van der Waals surface area (Å²) in [5.41, 5.74) is 4.44. The molecular formula is C27H29N3O3S2. The molecule has 182 valence electrons. The van der Waals surface area contributed by atoms with E-state index in [0.29, 0.717) is 23.6 Å². The van der Waals surface area contributed by atoms with Crippen LogP contribution in [0.2, 0.25) is 0 Å². The molecule has 4 heterocycles. The van der Waals surface area contributed by atoms with Gasteiger partial charge in [-0.25, -0.2) is 9.79 Å². The van der Waals surface area contributed by atoms with E-state index in [1.165, 1.54) is 24.4 Å². The maximum Gasteiger partial charge on any atom is 0.338 e. The molecule has 8 heteroatoms. The Balaban J connectivity index is 1.28. The molecule has 0 aliphatic carbocycles. The lowest BCUT2D eigenvalue weighted by Gasteiger charge is -2.37. The molecule has 2 aromatic rings. The second-order valence-corrected chi connectivity index (χ2v) is 10.7. The first kappa shape index (κ1) is 23.9. The van der Waals surface area contributed by atoms with Gasteiger partial charge in [-0.3, -0.25) is 4.79 Å². The molecule has 0 unspecified atom stereocenters. The molecule has 5 rings (SSSR count). The minimum atomic E-state index is -0.385. The van der Waals surface area contributed by atoms with E-state index in [9.17, 15) is 9.59 Å². The molecule has 0 bridgehead atoms. The van der Waals surface area contributed by atoms with Crippen molar-refractivity contribution >= 4 is 40.1 Å². The zero-order valence-corrected chi connectivity index (χ0v) is 21.6. The number of ether oxygens (including phenoxy) is 1. The van der Waals surface area contributed by atoms with E-state index in [1.807, 2.05) is 45.0 Å². The number of carbonyl (C=O) groups is 2. The van der Waals surface area contributed by atoms with Crippen molar-refractivity contribution in [3.05, 3.63) is 80.7 Å². The Morgan fingerprint density at radius 3 is 2.60 bits per heavy atom. The molecule has 1 amide bonds. The van der Waals surface area contributed by atoms with Crippen molar-refractivity contribution in [2.45, 2.75) is 38.6 Å². The van der Waals surface area contributed by atoms with Gasteiger partial charge in [0.15, 0.2) is 5.17 Å². The van der Waals surface area contributed by atoms with Crippen LogP contribution in [-0.2, 0) is 20.7 Å². The molecule has 0 radical (unpaired) electrons. The quantitative estimate of drug-likeness (QED) is 0.492. The van der Waals surface area contributed by atoms with Gasteiger partial charge in [0.05, 0.1) is 30.8 Å². The Labute approximate surface area is 214 Å². The normalized spacial score (nSPS) is 20.5. The van der Waals surface area contributed by atoms with E-state index in [4.69, 9.17) is 4.74 Å². The van der Waals surface area contributed by atoms with Gasteiger partial charge in [-0.1, -0.05) is 42.1 Å². The number of amidine groups is 1. The molecule has 0 N–H and O–H groups in total. The van der Waals surface area contributed by atoms with Gasteiger partial charge in [-0.2, -0.15) is 11.3 Å². The average molecular weight is 508 g/mol. The fourth-order valence-corrected chi connectivity index (χ4v) is 6.73. The Morgan fingerprint density at radius 2 is 1.91 bits per heavy atom. The van der Waals surface area contributed by atoms with Crippen LogP contribution in [0.1, 0.15) is 43.4 Å². The lowest BCUT2D eigenvalue weighted by atomic mass is 9.90. The predicted molar refractivity (Wildman–Crippen MR) is 141 cm³/mol. The number of nitrogens with zero attached hydrogens (tertiary/aromatic N) is 3. The Hall–Kier alpha value is -2.84. The summed E-state index contributed by atoms with van der Waals surface area (Å²) in [7, 11) is 1.40. The van der Waals surface area contributed by atoms with Crippen molar-refractivity contribution in [3.63, 3.8) is 0 Å². The fraction of sp³-hybridized carbons (Fsp3) is 0.370. The van der Waals surface area contributed by atoms with Gasteiger partial charge in [-0.05, 0) is 65.5 Å². The lowest BCUT2D eigenvalue weighted by molar-refractivity contribution is -0.136. The number of methoxy groups -OCH3 is 1. The van der Waals surface area contributed by atoms with Gasteiger partial charge < -0.3 is 14.5 Å². The minimum Gasteiger partial charge on any atom is -0.466 e. The van der Waals surface area contributed by atoms with Gasteiger partial charge in [0.2, 0.25) is 5.91 Å². The summed E-state index contributed by atoms with van der Waals surface area (Å²) in [5.74, 6) is 0.359. The number of amides is 1. The number of fused-ring (bicyclic) bond motifs is 1. The molecule has 1 fully saturated rings. The van der Waals surface area contributed by atoms with E-state index < -0.39 is 0 Å². The first-order valence-corrected chi connectivity index (χ1v) is 13.7. The number of likely N-dealkylation sites (tertiary alicyclic amines) is 1. The number of carbonyl (C=O) groups excluding carboxylic acids is 2. The maximum atomic E-state index is 13.3. The summed E-state index contributed by atoms with van der Waals surface area (Å²) >= 11 is 3.10. The molecule has 1 aromatic carbocycles. The second kappa shape index (κ2) is 10.4. The van der Waals surface area contributed by atoms with Gasteiger partial charge in [0.1, 0.15) is 0 Å². The molecule has 3 aliphatic rings. The number of benzene rings is 1. The summed E-state index contributed by atoms with van der Waals surface area (Å²) in [6.07, 6.45) is 3.42. The number of hydrogen-bond acceptors (Lipinski definition) is 7. The number of allylic oxidation sites excluding steroid dienone is 1. The highest BCUT2D eigenvalue weighted by atomic mass is 32.2. The van der Waals surface area contributed by atoms with Gasteiger partial charge in [-0.15, -0.1) is 0 Å². The smallest absolute Gasteiger partial charge is 0.338 e. The van der Waals surface area contributed by atoms with E-state index in [2.05, 4.69) is 29.3 Å². The van der Waals surface area contributed by atoms with Crippen LogP contribution >= 0.6 is 23.1 Å². The second-order valence-electron chi connectivity index (χ2n) is 9.13. The molecule has 1 saturated heterocycles. The lowest BCUT2D eigenvalue weighted by Crippen LogP contribution is -2.41. The highest BCUT2D eigenvalue weighted by Crippen LogP contribution is 2.45. The highest BCUT2D eigenvalue weighted by Gasteiger charge is 2.41. The van der Waals surface area contributed by atoms with Gasteiger partial charge in [0, 0.05) is 18.8 Å². The zero-order valence-electron chi connectivity index (χ0n) is 20.0. The van der Waals surface area contributed by atoms with Crippen LogP contribution in [0.15, 0.2) is 74.5 Å². The fourth-order valence-electron chi connectivity index (χ4n) is 5.09. The van der Waals surface area contributed by atoms with Crippen LogP contribution < -0.4 is 0 Å². The first-order valence-electron chi connectivity index (χ1n) is 11.9. The predicted octanol–water partition coefficient (Wildman–Crippen LogP) is 5.37. The van der Waals surface area contributed by atoms with Crippen molar-refractivity contribution in [1.29, 1.82) is 0 Å². The van der Waals surface area contributed by atoms with Crippen LogP contribution in [0, 0.1) is 5.92 Å². The third-order valence-electron chi connectivity index (χ3n) is 6.93. The summed E-state index contributed by atoms with van der Waals surface area (Å²) < 4.78 is 5.11. The molecule has 6 nitrogen and oxygen atoms in total. The third kappa shape index (κ3) is 4.95. The first-order chi connectivity index (χ1) is 17.0. The molecule has 0 spiro atoms. The number of aliphatic imine (C=N–C) groups is 1. The van der Waals surface area contributed by atoms with Crippen molar-refractivity contribution in [2.75, 3.05) is 20.2 Å². The standard InChI is InChI=1S/C27H29N3O3S2/c1-18-24(26(32)33-2)25(21-10-13-34-16-21)30-22(17-35-27(30)28-18)15-23(31)29-11-8-20(9-12-29)14-19-6-4-3-5-7-19/h3-7,10,13,16-17,20,25H,8-9,11-12,14-15H2,1-2H3/t25-/m0/s1. The largest absolute Gasteiger partial charge is 0.466 e. The van der Waals surface area contributed by atoms with E-state index in [0.717, 1.165) is 48.8 Å². The molecule has 1 atom stereocenters. The Kier molecular flexibility index (Phi) is 7.11. The maximum absolute atomic E-state index is 13.3. The Bertz CT molecular complexity index is 1180. The van der Waals surface area contributed by atoms with E-state index in [1.54, 1.807) is 11.3 Å². The minimum absolute atomic E-state index is 0.131. The summed E-state index contributed by atoms with van der Waals surface area (Å²) in [5, 5.41) is 6.86. The number of rotatable bonds is 6. The number of thioether (sulfide) groups is 1. The van der Waals surface area contributed by atoms with E-state index >= 15 is 0 Å². The topological polar surface area (TPSA) is 62.2 Å². The number of hydrogen-bond donors (Lipinski definition) is 0. The van der Waals surface area contributed by atoms with Gasteiger partial charge >= 0.3 is 5.97 Å². The van der Waals surface area contributed by atoms with Crippen molar-refractivity contribution < 1.29 is 14.3 Å². The molecule has 0 saturated carbocycles. The molecule has 35 heavy (non-hydrogen) atoms. The van der Waals surface area contributed by atoms with Crippen molar-refractivity contribution in [1.82, 2.24) is 9.80 Å². The third-order valence-corrected chi connectivity index (χ3v) is 8.52. The average Bonchev–Trinajstić information content (AvgIpc) is 3.54. The van der Waals surface area contributed by atoms with Crippen LogP contribution in [0.5, 0.6) is 0 Å². The van der Waals surface area contributed by atoms with Gasteiger partial charge in [0.25, 0.3) is 0 Å². The van der Waals surface area contributed by atoms with Crippen LogP contribution in [0.4, 0.5) is 0 Å². The van der Waals surface area contributed by atoms with Crippen LogP contribution in [0.3, 0.4) is 0 Å². The molecular weight excluding hydrogens is 478 g/mol.